The summed E-state index contributed by atoms with van der Waals surface area (Å²) in [5, 5.41) is 3.28. The minimum atomic E-state index is 0.187. The third-order valence-electron chi connectivity index (χ3n) is 4.68. The predicted octanol–water partition coefficient (Wildman–Crippen LogP) is 2.67. The predicted molar refractivity (Wildman–Crippen MR) is 83.8 cm³/mol. The molecule has 2 heterocycles. The van der Waals surface area contributed by atoms with Gasteiger partial charge in [-0.05, 0) is 35.7 Å². The number of aryl methyl sites for hydroxylation is 1. The summed E-state index contributed by atoms with van der Waals surface area (Å²) in [6, 6.07) is 6.31. The number of ketones is 1. The van der Waals surface area contributed by atoms with Gasteiger partial charge in [-0.25, -0.2) is 0 Å². The maximum atomic E-state index is 11.8. The van der Waals surface area contributed by atoms with Gasteiger partial charge in [0.15, 0.2) is 5.78 Å². The van der Waals surface area contributed by atoms with Crippen molar-refractivity contribution in [3.05, 3.63) is 52.8 Å². The van der Waals surface area contributed by atoms with Crippen LogP contribution in [0, 0.1) is 0 Å². The van der Waals surface area contributed by atoms with E-state index in [-0.39, 0.29) is 11.8 Å². The standard InChI is InChI=1S/C18H18N2O2/c1-19-17-10-22-9-16-14(7-20-8-15(16)17)12-2-4-13-11(6-12)3-5-18(13)21/h2,4,6-8,17,19H,3,5,9-10H2,1H3. The summed E-state index contributed by atoms with van der Waals surface area (Å²) in [5.41, 5.74) is 6.68. The van der Waals surface area contributed by atoms with Gasteiger partial charge in [-0.1, -0.05) is 18.2 Å². The molecule has 112 valence electrons. The quantitative estimate of drug-likeness (QED) is 0.925. The Bertz CT molecular complexity index is 755. The number of likely N-dealkylation sites (N-methyl/N-ethyl adjacent to an activating group) is 1. The number of carbonyl (C=O) groups excluding carboxylic acids is 1. The summed E-state index contributed by atoms with van der Waals surface area (Å²) in [4.78, 5) is 16.2. The van der Waals surface area contributed by atoms with Crippen molar-refractivity contribution in [3.63, 3.8) is 0 Å². The highest BCUT2D eigenvalue weighted by molar-refractivity contribution is 6.01. The van der Waals surface area contributed by atoms with Gasteiger partial charge < -0.3 is 10.1 Å². The second kappa shape index (κ2) is 5.30. The Labute approximate surface area is 129 Å². The number of aromatic nitrogens is 1. The number of Topliss-reactive ketones (excluding diaryl/α,β-unsaturated/α-hetero) is 1. The Morgan fingerprint density at radius 1 is 1.23 bits per heavy atom. The van der Waals surface area contributed by atoms with Crippen LogP contribution in [-0.2, 0) is 17.8 Å². The van der Waals surface area contributed by atoms with E-state index in [0.29, 0.717) is 19.6 Å². The number of benzene rings is 1. The first-order chi connectivity index (χ1) is 10.8. The van der Waals surface area contributed by atoms with Crippen LogP contribution in [0.5, 0.6) is 0 Å². The van der Waals surface area contributed by atoms with E-state index >= 15 is 0 Å². The summed E-state index contributed by atoms with van der Waals surface area (Å²) < 4.78 is 5.73. The molecule has 1 unspecified atom stereocenters. The molecule has 1 aliphatic carbocycles. The highest BCUT2D eigenvalue weighted by Gasteiger charge is 2.24. The molecule has 0 fully saturated rings. The van der Waals surface area contributed by atoms with Crippen molar-refractivity contribution in [1.82, 2.24) is 10.3 Å². The zero-order valence-corrected chi connectivity index (χ0v) is 12.6. The molecule has 22 heavy (non-hydrogen) atoms. The van der Waals surface area contributed by atoms with Gasteiger partial charge in [-0.2, -0.15) is 0 Å². The number of nitrogens with zero attached hydrogens (tertiary/aromatic N) is 1. The van der Waals surface area contributed by atoms with Gasteiger partial charge >= 0.3 is 0 Å². The third kappa shape index (κ3) is 2.07. The fourth-order valence-electron chi connectivity index (χ4n) is 3.44. The summed E-state index contributed by atoms with van der Waals surface area (Å²) in [6.45, 7) is 1.29. The lowest BCUT2D eigenvalue weighted by Crippen LogP contribution is -2.27. The van der Waals surface area contributed by atoms with Crippen molar-refractivity contribution in [2.75, 3.05) is 13.7 Å². The molecule has 1 atom stereocenters. The van der Waals surface area contributed by atoms with Crippen molar-refractivity contribution in [2.24, 2.45) is 0 Å². The van der Waals surface area contributed by atoms with Crippen LogP contribution in [0.25, 0.3) is 11.1 Å². The second-order valence-corrected chi connectivity index (χ2v) is 5.91. The summed E-state index contributed by atoms with van der Waals surface area (Å²) in [6.07, 6.45) is 5.31. The molecule has 0 bridgehead atoms. The number of rotatable bonds is 2. The van der Waals surface area contributed by atoms with E-state index in [1.807, 2.05) is 31.6 Å². The van der Waals surface area contributed by atoms with Gasteiger partial charge in [-0.15, -0.1) is 0 Å². The van der Waals surface area contributed by atoms with Crippen LogP contribution in [0.3, 0.4) is 0 Å². The molecule has 1 N–H and O–H groups in total. The van der Waals surface area contributed by atoms with E-state index in [4.69, 9.17) is 4.74 Å². The lowest BCUT2D eigenvalue weighted by Gasteiger charge is -2.26. The van der Waals surface area contributed by atoms with Gasteiger partial charge in [0.05, 0.1) is 19.3 Å². The maximum Gasteiger partial charge on any atom is 0.163 e. The molecule has 4 nitrogen and oxygen atoms in total. The molecule has 4 rings (SSSR count). The highest BCUT2D eigenvalue weighted by Crippen LogP contribution is 2.34. The molecule has 2 aromatic rings. The van der Waals surface area contributed by atoms with Crippen LogP contribution >= 0.6 is 0 Å². The van der Waals surface area contributed by atoms with Crippen LogP contribution in [0.4, 0.5) is 0 Å². The van der Waals surface area contributed by atoms with E-state index in [0.717, 1.165) is 28.7 Å². The van der Waals surface area contributed by atoms with E-state index in [2.05, 4.69) is 16.4 Å². The van der Waals surface area contributed by atoms with E-state index in [1.165, 1.54) is 11.1 Å². The molecule has 2 aliphatic rings. The van der Waals surface area contributed by atoms with E-state index < -0.39 is 0 Å². The number of carbonyl (C=O) groups is 1. The molecular weight excluding hydrogens is 276 g/mol. The molecule has 4 heteroatoms. The number of nitrogens with one attached hydrogen (secondary N) is 1. The van der Waals surface area contributed by atoms with Gasteiger partial charge in [-0.3, -0.25) is 9.78 Å². The fraction of sp³-hybridized carbons (Fsp3) is 0.333. The Hall–Kier alpha value is -2.04. The molecule has 0 saturated carbocycles. The average Bonchev–Trinajstić information content (AvgIpc) is 2.94. The Balaban J connectivity index is 1.82. The largest absolute Gasteiger partial charge is 0.375 e. The maximum absolute atomic E-state index is 11.8. The first-order valence-corrected chi connectivity index (χ1v) is 7.66. The van der Waals surface area contributed by atoms with Crippen LogP contribution in [0.1, 0.15) is 39.5 Å². The molecule has 0 radical (unpaired) electrons. The normalized spacial score (nSPS) is 19.9. The Morgan fingerprint density at radius 2 is 2.14 bits per heavy atom. The molecular formula is C18H18N2O2. The third-order valence-corrected chi connectivity index (χ3v) is 4.68. The zero-order valence-electron chi connectivity index (χ0n) is 12.6. The lowest BCUT2D eigenvalue weighted by molar-refractivity contribution is 0.0846. The summed E-state index contributed by atoms with van der Waals surface area (Å²) in [7, 11) is 1.94. The van der Waals surface area contributed by atoms with Crippen LogP contribution in [0.15, 0.2) is 30.6 Å². The van der Waals surface area contributed by atoms with Crippen LogP contribution < -0.4 is 5.32 Å². The van der Waals surface area contributed by atoms with Crippen molar-refractivity contribution in [2.45, 2.75) is 25.5 Å². The van der Waals surface area contributed by atoms with Gasteiger partial charge in [0.2, 0.25) is 0 Å². The lowest BCUT2D eigenvalue weighted by atomic mass is 9.92. The molecule has 1 aliphatic heterocycles. The van der Waals surface area contributed by atoms with Crippen molar-refractivity contribution >= 4 is 5.78 Å². The molecule has 1 aromatic heterocycles. The Morgan fingerprint density at radius 3 is 3.00 bits per heavy atom. The molecule has 0 spiro atoms. The number of pyridine rings is 1. The fourth-order valence-corrected chi connectivity index (χ4v) is 3.44. The number of fused-ring (bicyclic) bond motifs is 2. The molecule has 0 amide bonds. The zero-order chi connectivity index (χ0) is 15.1. The first kappa shape index (κ1) is 13.6. The van der Waals surface area contributed by atoms with Gasteiger partial charge in [0.1, 0.15) is 0 Å². The number of hydrogen-bond donors (Lipinski definition) is 1. The van der Waals surface area contributed by atoms with E-state index in [9.17, 15) is 4.79 Å². The minimum Gasteiger partial charge on any atom is -0.375 e. The van der Waals surface area contributed by atoms with Crippen LogP contribution in [0.2, 0.25) is 0 Å². The van der Waals surface area contributed by atoms with Crippen LogP contribution in [-0.4, -0.2) is 24.4 Å². The first-order valence-electron chi connectivity index (χ1n) is 7.66. The monoisotopic (exact) mass is 294 g/mol. The second-order valence-electron chi connectivity index (χ2n) is 5.91. The smallest absolute Gasteiger partial charge is 0.163 e. The minimum absolute atomic E-state index is 0.187. The molecule has 1 aromatic carbocycles. The number of hydrogen-bond acceptors (Lipinski definition) is 4. The molecule has 0 saturated heterocycles. The Kier molecular flexibility index (Phi) is 3.28. The van der Waals surface area contributed by atoms with Gasteiger partial charge in [0.25, 0.3) is 0 Å². The topological polar surface area (TPSA) is 51.2 Å². The SMILES string of the molecule is CNC1COCc2c(-c3ccc4c(c3)CCC4=O)cncc21. The summed E-state index contributed by atoms with van der Waals surface area (Å²) in [5.74, 6) is 0.258. The van der Waals surface area contributed by atoms with Crippen molar-refractivity contribution < 1.29 is 9.53 Å². The van der Waals surface area contributed by atoms with Gasteiger partial charge in [0, 0.05) is 29.9 Å². The van der Waals surface area contributed by atoms with Crippen molar-refractivity contribution in [3.8, 4) is 11.1 Å². The summed E-state index contributed by atoms with van der Waals surface area (Å²) >= 11 is 0. The van der Waals surface area contributed by atoms with E-state index in [1.54, 1.807) is 0 Å². The average molecular weight is 294 g/mol. The number of ether oxygens (including phenoxy) is 1. The van der Waals surface area contributed by atoms with Crippen molar-refractivity contribution in [1.29, 1.82) is 0 Å². The highest BCUT2D eigenvalue weighted by atomic mass is 16.5.